The fraction of sp³-hybridized carbons (Fsp3) is 0.500. The van der Waals surface area contributed by atoms with Crippen LogP contribution in [0.1, 0.15) is 5.56 Å². The molecule has 0 aliphatic heterocycles. The molecule has 5 nitrogen and oxygen atoms in total. The maximum Gasteiger partial charge on any atom is 0.164 e. The Morgan fingerprint density at radius 3 is 2.00 bits per heavy atom. The molecule has 17 heavy (non-hydrogen) atoms. The van der Waals surface area contributed by atoms with Gasteiger partial charge in [0.15, 0.2) is 11.5 Å². The molecule has 0 radical (unpaired) electrons. The van der Waals surface area contributed by atoms with Crippen LogP contribution in [-0.2, 0) is 6.54 Å². The first-order chi connectivity index (χ1) is 8.15. The van der Waals surface area contributed by atoms with E-state index in [4.69, 9.17) is 19.9 Å². The zero-order valence-corrected chi connectivity index (χ0v) is 10.8. The van der Waals surface area contributed by atoms with Crippen LogP contribution < -0.4 is 19.9 Å². The van der Waals surface area contributed by atoms with Crippen molar-refractivity contribution in [3.8, 4) is 17.2 Å². The minimum absolute atomic E-state index is 0.484. The van der Waals surface area contributed by atoms with Gasteiger partial charge in [0, 0.05) is 24.8 Å². The molecule has 96 valence electrons. The van der Waals surface area contributed by atoms with Crippen molar-refractivity contribution >= 4 is 0 Å². The maximum atomic E-state index is 5.57. The first-order valence-corrected chi connectivity index (χ1v) is 5.33. The molecule has 5 heteroatoms. The Morgan fingerprint density at radius 2 is 1.53 bits per heavy atom. The van der Waals surface area contributed by atoms with Crippen LogP contribution in [0.5, 0.6) is 17.2 Å². The van der Waals surface area contributed by atoms with Crippen LogP contribution in [0.15, 0.2) is 12.1 Å². The number of benzene rings is 1. The van der Waals surface area contributed by atoms with Crippen molar-refractivity contribution < 1.29 is 14.2 Å². The fourth-order valence-corrected chi connectivity index (χ4v) is 1.57. The molecule has 0 bridgehead atoms. The summed E-state index contributed by atoms with van der Waals surface area (Å²) in [6.45, 7) is 1.18. The number of nitrogens with two attached hydrogens (primary N) is 1. The lowest BCUT2D eigenvalue weighted by atomic mass is 10.1. The van der Waals surface area contributed by atoms with E-state index in [0.29, 0.717) is 24.7 Å². The molecule has 1 aromatic carbocycles. The first kappa shape index (κ1) is 13.6. The summed E-state index contributed by atoms with van der Waals surface area (Å²) in [7, 11) is 6.78. The van der Waals surface area contributed by atoms with Gasteiger partial charge in [-0.2, -0.15) is 0 Å². The summed E-state index contributed by atoms with van der Waals surface area (Å²) in [4.78, 5) is 1.98. The van der Waals surface area contributed by atoms with Gasteiger partial charge in [0.05, 0.1) is 21.3 Å². The third-order valence-corrected chi connectivity index (χ3v) is 2.54. The average molecular weight is 240 g/mol. The number of methoxy groups -OCH3 is 3. The van der Waals surface area contributed by atoms with Gasteiger partial charge >= 0.3 is 0 Å². The molecule has 0 aliphatic rings. The molecule has 0 unspecified atom stereocenters. The van der Waals surface area contributed by atoms with Gasteiger partial charge in [-0.05, 0) is 13.1 Å². The van der Waals surface area contributed by atoms with Crippen molar-refractivity contribution in [3.05, 3.63) is 17.7 Å². The lowest BCUT2D eigenvalue weighted by molar-refractivity contribution is 0.319. The normalized spacial score (nSPS) is 10.5. The molecule has 0 aromatic heterocycles. The van der Waals surface area contributed by atoms with Crippen LogP contribution in [0.4, 0.5) is 0 Å². The number of nitrogens with zero attached hydrogens (tertiary/aromatic N) is 1. The van der Waals surface area contributed by atoms with E-state index in [-0.39, 0.29) is 0 Å². The van der Waals surface area contributed by atoms with E-state index < -0.39 is 0 Å². The van der Waals surface area contributed by atoms with Gasteiger partial charge in [0.25, 0.3) is 0 Å². The summed E-state index contributed by atoms with van der Waals surface area (Å²) in [5, 5.41) is 0. The van der Waals surface area contributed by atoms with Crippen LogP contribution in [0, 0.1) is 0 Å². The van der Waals surface area contributed by atoms with Gasteiger partial charge < -0.3 is 19.9 Å². The SMILES string of the molecule is COc1cc(OC)c(OC)cc1CN(C)CN. The Hall–Kier alpha value is -1.46. The number of rotatable bonds is 6. The summed E-state index contributed by atoms with van der Waals surface area (Å²) < 4.78 is 15.8. The lowest BCUT2D eigenvalue weighted by Crippen LogP contribution is -2.25. The minimum atomic E-state index is 0.484. The second kappa shape index (κ2) is 6.32. The van der Waals surface area contributed by atoms with E-state index in [1.165, 1.54) is 0 Å². The highest BCUT2D eigenvalue weighted by atomic mass is 16.5. The van der Waals surface area contributed by atoms with Crippen molar-refractivity contribution in [3.63, 3.8) is 0 Å². The summed E-state index contributed by atoms with van der Waals surface area (Å²) in [6.07, 6.45) is 0. The highest BCUT2D eigenvalue weighted by molar-refractivity contribution is 5.50. The Morgan fingerprint density at radius 1 is 1.00 bits per heavy atom. The first-order valence-electron chi connectivity index (χ1n) is 5.33. The predicted molar refractivity (Wildman–Crippen MR) is 66.6 cm³/mol. The number of hydrogen-bond donors (Lipinski definition) is 1. The Kier molecular flexibility index (Phi) is 5.06. The number of hydrogen-bond acceptors (Lipinski definition) is 5. The summed E-state index contributed by atoms with van der Waals surface area (Å²) in [5.74, 6) is 2.11. The molecule has 0 heterocycles. The molecule has 1 aromatic rings. The maximum absolute atomic E-state index is 5.57. The Labute approximate surface area is 102 Å². The second-order valence-corrected chi connectivity index (χ2v) is 3.72. The zero-order chi connectivity index (χ0) is 12.8. The van der Waals surface area contributed by atoms with Crippen LogP contribution in [-0.4, -0.2) is 39.9 Å². The van der Waals surface area contributed by atoms with Crippen molar-refractivity contribution in [2.24, 2.45) is 5.73 Å². The second-order valence-electron chi connectivity index (χ2n) is 3.72. The molecule has 0 saturated carbocycles. The van der Waals surface area contributed by atoms with Crippen LogP contribution >= 0.6 is 0 Å². The molecular formula is C12H20N2O3. The van der Waals surface area contributed by atoms with Gasteiger partial charge in [-0.1, -0.05) is 0 Å². The Balaban J connectivity index is 3.09. The fourth-order valence-electron chi connectivity index (χ4n) is 1.57. The van der Waals surface area contributed by atoms with Crippen molar-refractivity contribution in [1.29, 1.82) is 0 Å². The van der Waals surface area contributed by atoms with Crippen LogP contribution in [0.25, 0.3) is 0 Å². The van der Waals surface area contributed by atoms with E-state index >= 15 is 0 Å². The lowest BCUT2D eigenvalue weighted by Gasteiger charge is -2.18. The molecule has 0 saturated heterocycles. The van der Waals surface area contributed by atoms with E-state index in [2.05, 4.69) is 0 Å². The highest BCUT2D eigenvalue weighted by Gasteiger charge is 2.12. The van der Waals surface area contributed by atoms with Crippen molar-refractivity contribution in [1.82, 2.24) is 4.90 Å². The van der Waals surface area contributed by atoms with E-state index in [1.807, 2.05) is 24.1 Å². The van der Waals surface area contributed by atoms with Gasteiger partial charge in [-0.25, -0.2) is 0 Å². The zero-order valence-electron chi connectivity index (χ0n) is 10.8. The predicted octanol–water partition coefficient (Wildman–Crippen LogP) is 1.06. The third-order valence-electron chi connectivity index (χ3n) is 2.54. The summed E-state index contributed by atoms with van der Waals surface area (Å²) in [5.41, 5.74) is 6.58. The Bertz CT molecular complexity index is 369. The van der Waals surface area contributed by atoms with Gasteiger partial charge in [0.2, 0.25) is 0 Å². The topological polar surface area (TPSA) is 57.0 Å². The minimum Gasteiger partial charge on any atom is -0.496 e. The summed E-state index contributed by atoms with van der Waals surface area (Å²) in [6, 6.07) is 3.72. The van der Waals surface area contributed by atoms with E-state index in [9.17, 15) is 0 Å². The van der Waals surface area contributed by atoms with Gasteiger partial charge in [-0.3, -0.25) is 4.90 Å². The summed E-state index contributed by atoms with van der Waals surface area (Å²) >= 11 is 0. The largest absolute Gasteiger partial charge is 0.496 e. The van der Waals surface area contributed by atoms with Crippen molar-refractivity contribution in [2.45, 2.75) is 6.54 Å². The molecule has 0 spiro atoms. The van der Waals surface area contributed by atoms with Crippen LogP contribution in [0.3, 0.4) is 0 Å². The molecule has 0 fully saturated rings. The molecule has 1 rings (SSSR count). The van der Waals surface area contributed by atoms with Gasteiger partial charge in [-0.15, -0.1) is 0 Å². The smallest absolute Gasteiger partial charge is 0.164 e. The monoisotopic (exact) mass is 240 g/mol. The van der Waals surface area contributed by atoms with E-state index in [1.54, 1.807) is 21.3 Å². The molecule has 0 atom stereocenters. The quantitative estimate of drug-likeness (QED) is 0.753. The van der Waals surface area contributed by atoms with Crippen LogP contribution in [0.2, 0.25) is 0 Å². The average Bonchev–Trinajstić information content (AvgIpc) is 2.37. The third kappa shape index (κ3) is 3.25. The van der Waals surface area contributed by atoms with Crippen molar-refractivity contribution in [2.75, 3.05) is 35.0 Å². The van der Waals surface area contributed by atoms with E-state index in [0.717, 1.165) is 11.3 Å². The highest BCUT2D eigenvalue weighted by Crippen LogP contribution is 2.34. The molecule has 0 aliphatic carbocycles. The standard InChI is InChI=1S/C12H20N2O3/c1-14(8-13)7-9-5-11(16-3)12(17-4)6-10(9)15-2/h5-6H,7-8,13H2,1-4H3. The number of ether oxygens (including phenoxy) is 3. The molecule has 0 amide bonds. The molecule has 2 N–H and O–H groups in total. The van der Waals surface area contributed by atoms with Gasteiger partial charge in [0.1, 0.15) is 5.75 Å². The molecular weight excluding hydrogens is 220 g/mol.